The quantitative estimate of drug-likeness (QED) is 0.166. The van der Waals surface area contributed by atoms with Crippen LogP contribution in [-0.4, -0.2) is 0 Å². The van der Waals surface area contributed by atoms with Crippen LogP contribution in [0.2, 0.25) is 0 Å². The molecule has 0 atom stereocenters. The second-order valence-electron chi connectivity index (χ2n) is 12.9. The van der Waals surface area contributed by atoms with E-state index in [1.54, 1.807) is 0 Å². The molecule has 0 fully saturated rings. The first kappa shape index (κ1) is 30.4. The van der Waals surface area contributed by atoms with Crippen molar-refractivity contribution in [2.24, 2.45) is 0 Å². The lowest BCUT2D eigenvalue weighted by Gasteiger charge is -2.27. The van der Waals surface area contributed by atoms with Crippen molar-refractivity contribution in [2.45, 2.75) is 0 Å². The van der Waals surface area contributed by atoms with Crippen LogP contribution in [0.3, 0.4) is 0 Å². The Kier molecular flexibility index (Phi) is 7.92. The van der Waals surface area contributed by atoms with Gasteiger partial charge in [0.2, 0.25) is 0 Å². The molecule has 0 aliphatic heterocycles. The Labute approximate surface area is 299 Å². The third-order valence-corrected chi connectivity index (χ3v) is 9.88. The van der Waals surface area contributed by atoms with E-state index in [2.05, 4.69) is 217 Å². The second-order valence-corrected chi connectivity index (χ2v) is 12.9. The van der Waals surface area contributed by atoms with Gasteiger partial charge in [-0.05, 0) is 91.0 Å². The molecular formula is C50H35N. The zero-order chi connectivity index (χ0) is 34.0. The summed E-state index contributed by atoms with van der Waals surface area (Å²) < 4.78 is 0. The maximum absolute atomic E-state index is 2.39. The lowest BCUT2D eigenvalue weighted by atomic mass is 9.87. The number of nitrogens with zero attached hydrogens (tertiary/aromatic N) is 1. The molecule has 0 aliphatic carbocycles. The van der Waals surface area contributed by atoms with Gasteiger partial charge in [0.1, 0.15) is 0 Å². The number of anilines is 3. The van der Waals surface area contributed by atoms with Crippen molar-refractivity contribution in [1.29, 1.82) is 0 Å². The molecule has 0 bridgehead atoms. The number of fused-ring (bicyclic) bond motifs is 2. The minimum absolute atomic E-state index is 1.11. The van der Waals surface area contributed by atoms with Crippen molar-refractivity contribution in [3.63, 3.8) is 0 Å². The molecule has 0 heterocycles. The summed E-state index contributed by atoms with van der Waals surface area (Å²) in [5.41, 5.74) is 13.1. The highest BCUT2D eigenvalue weighted by Gasteiger charge is 2.18. The monoisotopic (exact) mass is 649 g/mol. The molecule has 9 aromatic rings. The molecule has 0 aliphatic rings. The first-order chi connectivity index (χ1) is 25.3. The SMILES string of the molecule is c1ccc(-c2cccc(-c3ccc(N(c4ccc(-c5cccc6ccccc56)cc4)c4cccc5ccccc45)cc3)c2-c2ccccc2)cc1. The molecule has 1 nitrogen and oxygen atoms in total. The molecule has 9 rings (SSSR count). The molecule has 51 heavy (non-hydrogen) atoms. The average molecular weight is 650 g/mol. The van der Waals surface area contributed by atoms with Crippen molar-refractivity contribution in [3.05, 3.63) is 212 Å². The van der Waals surface area contributed by atoms with E-state index in [0.29, 0.717) is 0 Å². The van der Waals surface area contributed by atoms with E-state index in [9.17, 15) is 0 Å². The van der Waals surface area contributed by atoms with Crippen molar-refractivity contribution in [2.75, 3.05) is 4.90 Å². The summed E-state index contributed by atoms with van der Waals surface area (Å²) in [6.07, 6.45) is 0. The van der Waals surface area contributed by atoms with Crippen LogP contribution in [0.15, 0.2) is 212 Å². The summed E-state index contributed by atoms with van der Waals surface area (Å²) in [6, 6.07) is 76.6. The largest absolute Gasteiger partial charge is 0.310 e. The molecule has 0 aromatic heterocycles. The fraction of sp³-hybridized carbons (Fsp3) is 0. The Bertz CT molecular complexity index is 2590. The Balaban J connectivity index is 1.17. The van der Waals surface area contributed by atoms with Gasteiger partial charge in [-0.25, -0.2) is 0 Å². The predicted molar refractivity (Wildman–Crippen MR) is 218 cm³/mol. The summed E-state index contributed by atoms with van der Waals surface area (Å²) in [5.74, 6) is 0. The molecule has 0 saturated heterocycles. The van der Waals surface area contributed by atoms with E-state index in [1.807, 2.05) is 0 Å². The Hall–Kier alpha value is -6.70. The zero-order valence-corrected chi connectivity index (χ0v) is 28.2. The molecule has 0 spiro atoms. The Morgan fingerprint density at radius 1 is 0.255 bits per heavy atom. The van der Waals surface area contributed by atoms with Crippen molar-refractivity contribution < 1.29 is 0 Å². The normalized spacial score (nSPS) is 11.1. The molecule has 0 amide bonds. The summed E-state index contributed by atoms with van der Waals surface area (Å²) in [7, 11) is 0. The summed E-state index contributed by atoms with van der Waals surface area (Å²) in [6.45, 7) is 0. The van der Waals surface area contributed by atoms with Gasteiger partial charge in [0, 0.05) is 16.8 Å². The molecular weight excluding hydrogens is 615 g/mol. The van der Waals surface area contributed by atoms with Crippen LogP contribution in [0.25, 0.3) is 66.1 Å². The van der Waals surface area contributed by atoms with Gasteiger partial charge < -0.3 is 4.90 Å². The smallest absolute Gasteiger partial charge is 0.0540 e. The molecule has 0 saturated carbocycles. The fourth-order valence-electron chi connectivity index (χ4n) is 7.45. The van der Waals surface area contributed by atoms with E-state index in [-0.39, 0.29) is 0 Å². The number of hydrogen-bond donors (Lipinski definition) is 0. The maximum atomic E-state index is 2.39. The van der Waals surface area contributed by atoms with E-state index < -0.39 is 0 Å². The van der Waals surface area contributed by atoms with E-state index in [4.69, 9.17) is 0 Å². The predicted octanol–water partition coefficient (Wildman–Crippen LogP) is 14.1. The maximum Gasteiger partial charge on any atom is 0.0540 e. The number of hydrogen-bond acceptors (Lipinski definition) is 1. The van der Waals surface area contributed by atoms with Crippen LogP contribution >= 0.6 is 0 Å². The topological polar surface area (TPSA) is 3.24 Å². The lowest BCUT2D eigenvalue weighted by molar-refractivity contribution is 1.30. The van der Waals surface area contributed by atoms with Crippen LogP contribution in [0.1, 0.15) is 0 Å². The highest BCUT2D eigenvalue weighted by Crippen LogP contribution is 2.43. The summed E-state index contributed by atoms with van der Waals surface area (Å²) >= 11 is 0. The van der Waals surface area contributed by atoms with Crippen LogP contribution in [0.4, 0.5) is 17.1 Å². The molecule has 0 unspecified atom stereocenters. The first-order valence-electron chi connectivity index (χ1n) is 17.5. The van der Waals surface area contributed by atoms with E-state index >= 15 is 0 Å². The van der Waals surface area contributed by atoms with Gasteiger partial charge >= 0.3 is 0 Å². The van der Waals surface area contributed by atoms with Crippen LogP contribution in [-0.2, 0) is 0 Å². The minimum Gasteiger partial charge on any atom is -0.310 e. The molecule has 1 heteroatoms. The first-order valence-corrected chi connectivity index (χ1v) is 17.5. The lowest BCUT2D eigenvalue weighted by Crippen LogP contribution is -2.10. The average Bonchev–Trinajstić information content (AvgIpc) is 3.22. The molecule has 240 valence electrons. The highest BCUT2D eigenvalue weighted by molar-refractivity contribution is 6.01. The molecule has 9 aromatic carbocycles. The van der Waals surface area contributed by atoms with Gasteiger partial charge in [-0.1, -0.05) is 182 Å². The third-order valence-electron chi connectivity index (χ3n) is 9.88. The van der Waals surface area contributed by atoms with Gasteiger partial charge in [-0.2, -0.15) is 0 Å². The third kappa shape index (κ3) is 5.75. The van der Waals surface area contributed by atoms with Crippen molar-refractivity contribution >= 4 is 38.6 Å². The van der Waals surface area contributed by atoms with Crippen molar-refractivity contribution in [3.8, 4) is 44.5 Å². The van der Waals surface area contributed by atoms with Crippen LogP contribution in [0.5, 0.6) is 0 Å². The van der Waals surface area contributed by atoms with Crippen molar-refractivity contribution in [1.82, 2.24) is 0 Å². The van der Waals surface area contributed by atoms with Crippen LogP contribution < -0.4 is 4.90 Å². The summed E-state index contributed by atoms with van der Waals surface area (Å²) in [4.78, 5) is 2.39. The summed E-state index contributed by atoms with van der Waals surface area (Å²) in [5, 5.41) is 4.94. The van der Waals surface area contributed by atoms with Gasteiger partial charge in [0.25, 0.3) is 0 Å². The number of benzene rings is 9. The Morgan fingerprint density at radius 2 is 0.667 bits per heavy atom. The molecule has 0 N–H and O–H groups in total. The number of rotatable bonds is 7. The minimum atomic E-state index is 1.11. The highest BCUT2D eigenvalue weighted by atomic mass is 15.1. The molecule has 0 radical (unpaired) electrons. The standard InChI is InChI=1S/C50H35N/c1-3-14-38(15-4-1)47-25-13-26-48(50(47)41-18-5-2-6-19-41)40-30-34-43(35-31-40)51(49-27-12-21-37-17-8-10-23-46(37)49)42-32-28-39(29-33-42)45-24-11-20-36-16-7-9-22-44(36)45/h1-35H. The van der Waals surface area contributed by atoms with Gasteiger partial charge in [0.05, 0.1) is 5.69 Å². The van der Waals surface area contributed by atoms with Crippen LogP contribution in [0, 0.1) is 0 Å². The van der Waals surface area contributed by atoms with E-state index in [1.165, 1.54) is 66.1 Å². The Morgan fingerprint density at radius 3 is 1.29 bits per heavy atom. The van der Waals surface area contributed by atoms with Gasteiger partial charge in [0.15, 0.2) is 0 Å². The van der Waals surface area contributed by atoms with E-state index in [0.717, 1.165) is 17.1 Å². The fourth-order valence-corrected chi connectivity index (χ4v) is 7.45. The second kappa shape index (κ2) is 13.3. The van der Waals surface area contributed by atoms with Gasteiger partial charge in [-0.3, -0.25) is 0 Å². The zero-order valence-electron chi connectivity index (χ0n) is 28.2. The van der Waals surface area contributed by atoms with Gasteiger partial charge in [-0.15, -0.1) is 0 Å².